The molecule has 2 N–H and O–H groups in total. The maximum atomic E-state index is 11.7. The molecular weight excluding hydrogens is 413 g/mol. The number of carbonyl (C=O) groups is 1. The van der Waals surface area contributed by atoms with Gasteiger partial charge >= 0.3 is 0 Å². The molecule has 8 heteroatoms. The molecule has 1 fully saturated rings. The highest BCUT2D eigenvalue weighted by atomic mass is 127. The van der Waals surface area contributed by atoms with Gasteiger partial charge in [-0.05, 0) is 26.7 Å². The number of hydrogen-bond acceptors (Lipinski definition) is 4. The van der Waals surface area contributed by atoms with Crippen LogP contribution in [0.25, 0.3) is 0 Å². The molecule has 124 valence electrons. The fourth-order valence-corrected chi connectivity index (χ4v) is 2.52. The summed E-state index contributed by atoms with van der Waals surface area (Å²) in [5.41, 5.74) is 1.02. The van der Waals surface area contributed by atoms with Crippen molar-refractivity contribution in [2.75, 3.05) is 20.1 Å². The van der Waals surface area contributed by atoms with Gasteiger partial charge < -0.3 is 15.5 Å². The van der Waals surface area contributed by atoms with Crippen LogP contribution in [0, 0.1) is 6.92 Å². The van der Waals surface area contributed by atoms with Crippen LogP contribution in [0.2, 0.25) is 0 Å². The number of hydrogen-bond donors (Lipinski definition) is 2. The van der Waals surface area contributed by atoms with E-state index in [0.717, 1.165) is 36.0 Å². The zero-order valence-electron chi connectivity index (χ0n) is 13.3. The Balaban J connectivity index is 0.00000242. The van der Waals surface area contributed by atoms with Gasteiger partial charge in [0.25, 0.3) is 0 Å². The molecular formula is C14H24IN5OS. The predicted octanol–water partition coefficient (Wildman–Crippen LogP) is 1.75. The average Bonchev–Trinajstić information content (AvgIpc) is 3.15. The van der Waals surface area contributed by atoms with Gasteiger partial charge in [-0.25, -0.2) is 9.98 Å². The van der Waals surface area contributed by atoms with Crippen molar-refractivity contribution in [1.82, 2.24) is 20.5 Å². The van der Waals surface area contributed by atoms with E-state index < -0.39 is 0 Å². The number of aliphatic imine (C=N–C) groups is 1. The van der Waals surface area contributed by atoms with Crippen molar-refractivity contribution in [3.63, 3.8) is 0 Å². The van der Waals surface area contributed by atoms with Gasteiger partial charge in [-0.3, -0.25) is 4.79 Å². The lowest BCUT2D eigenvalue weighted by Gasteiger charge is -2.21. The van der Waals surface area contributed by atoms with Crippen molar-refractivity contribution in [1.29, 1.82) is 0 Å². The molecule has 0 saturated heterocycles. The summed E-state index contributed by atoms with van der Waals surface area (Å²) in [4.78, 5) is 22.5. The van der Waals surface area contributed by atoms with Gasteiger partial charge in [-0.2, -0.15) is 0 Å². The van der Waals surface area contributed by atoms with E-state index in [9.17, 15) is 4.79 Å². The monoisotopic (exact) mass is 437 g/mol. The van der Waals surface area contributed by atoms with Crippen molar-refractivity contribution in [2.45, 2.75) is 39.3 Å². The number of halogens is 1. The summed E-state index contributed by atoms with van der Waals surface area (Å²) in [6.45, 7) is 5.62. The Morgan fingerprint density at radius 3 is 2.82 bits per heavy atom. The molecule has 1 aliphatic rings. The van der Waals surface area contributed by atoms with Gasteiger partial charge in [0.15, 0.2) is 5.96 Å². The fraction of sp³-hybridized carbons (Fsp3) is 0.643. The van der Waals surface area contributed by atoms with Gasteiger partial charge in [-0.1, -0.05) is 0 Å². The zero-order valence-corrected chi connectivity index (χ0v) is 16.4. The minimum Gasteiger partial charge on any atom is -0.357 e. The molecule has 0 bridgehead atoms. The second kappa shape index (κ2) is 9.29. The third kappa shape index (κ3) is 6.47. The Hall–Kier alpha value is -0.900. The minimum atomic E-state index is -0.00851. The highest BCUT2D eigenvalue weighted by molar-refractivity contribution is 14.0. The maximum absolute atomic E-state index is 11.7. The summed E-state index contributed by atoms with van der Waals surface area (Å²) in [6.07, 6.45) is 2.19. The van der Waals surface area contributed by atoms with Crippen LogP contribution in [-0.2, 0) is 11.3 Å². The highest BCUT2D eigenvalue weighted by Crippen LogP contribution is 2.18. The lowest BCUT2D eigenvalue weighted by Crippen LogP contribution is -2.39. The van der Waals surface area contributed by atoms with Crippen molar-refractivity contribution >= 4 is 47.2 Å². The van der Waals surface area contributed by atoms with Crippen LogP contribution >= 0.6 is 35.3 Å². The molecule has 2 rings (SSSR count). The number of guanidine groups is 1. The van der Waals surface area contributed by atoms with Crippen molar-refractivity contribution in [3.8, 4) is 0 Å². The molecule has 1 saturated carbocycles. The van der Waals surface area contributed by atoms with E-state index in [1.54, 1.807) is 11.3 Å². The first-order valence-corrected chi connectivity index (χ1v) is 8.16. The second-order valence-corrected chi connectivity index (χ2v) is 6.29. The number of nitrogens with zero attached hydrogens (tertiary/aromatic N) is 3. The zero-order chi connectivity index (χ0) is 15.2. The number of aryl methyl sites for hydroxylation is 1. The Kier molecular flexibility index (Phi) is 8.08. The van der Waals surface area contributed by atoms with Crippen LogP contribution in [-0.4, -0.2) is 47.9 Å². The van der Waals surface area contributed by atoms with Crippen LogP contribution in [0.5, 0.6) is 0 Å². The lowest BCUT2D eigenvalue weighted by atomic mass is 10.4. The molecule has 0 aromatic carbocycles. The Labute approximate surface area is 152 Å². The van der Waals surface area contributed by atoms with E-state index in [1.807, 2.05) is 25.8 Å². The molecule has 1 heterocycles. The number of nitrogens with one attached hydrogen (secondary N) is 2. The molecule has 6 nitrogen and oxygen atoms in total. The first-order valence-electron chi connectivity index (χ1n) is 7.28. The third-order valence-corrected chi connectivity index (χ3v) is 3.90. The number of thiazole rings is 1. The first kappa shape index (κ1) is 19.1. The van der Waals surface area contributed by atoms with E-state index >= 15 is 0 Å². The number of amides is 1. The number of aromatic nitrogens is 1. The molecule has 1 aromatic rings. The molecule has 0 aliphatic heterocycles. The quantitative estimate of drug-likeness (QED) is 0.404. The van der Waals surface area contributed by atoms with Crippen LogP contribution in [0.4, 0.5) is 0 Å². The van der Waals surface area contributed by atoms with Crippen LogP contribution in [0.15, 0.2) is 10.4 Å². The molecule has 1 aromatic heterocycles. The smallest absolute Gasteiger partial charge is 0.242 e. The summed E-state index contributed by atoms with van der Waals surface area (Å²) in [6, 6.07) is 0.381. The molecule has 0 atom stereocenters. The second-order valence-electron chi connectivity index (χ2n) is 5.23. The molecule has 1 aliphatic carbocycles. The van der Waals surface area contributed by atoms with Crippen molar-refractivity contribution < 1.29 is 4.79 Å². The van der Waals surface area contributed by atoms with Gasteiger partial charge in [0.2, 0.25) is 5.91 Å². The van der Waals surface area contributed by atoms with Crippen LogP contribution in [0.3, 0.4) is 0 Å². The van der Waals surface area contributed by atoms with Gasteiger partial charge in [0, 0.05) is 25.0 Å². The van der Waals surface area contributed by atoms with Crippen molar-refractivity contribution in [2.24, 2.45) is 4.99 Å². The normalized spacial score (nSPS) is 14.2. The van der Waals surface area contributed by atoms with Crippen LogP contribution < -0.4 is 10.6 Å². The van der Waals surface area contributed by atoms with E-state index in [2.05, 4.69) is 26.0 Å². The van der Waals surface area contributed by atoms with Gasteiger partial charge in [0.1, 0.15) is 6.54 Å². The molecule has 1 amide bonds. The highest BCUT2D eigenvalue weighted by Gasteiger charge is 2.23. The van der Waals surface area contributed by atoms with E-state index in [1.165, 1.54) is 0 Å². The summed E-state index contributed by atoms with van der Waals surface area (Å²) in [7, 11) is 1.95. The summed E-state index contributed by atoms with van der Waals surface area (Å²) < 4.78 is 0. The fourth-order valence-electron chi connectivity index (χ4n) is 1.92. The summed E-state index contributed by atoms with van der Waals surface area (Å²) in [5, 5.41) is 9.26. The van der Waals surface area contributed by atoms with Gasteiger partial charge in [0.05, 0.1) is 17.2 Å². The SMILES string of the molecule is CCNC(=NCC(=O)NC1CC1)N(C)Cc1csc(C)n1.I. The predicted molar refractivity (Wildman–Crippen MR) is 101 cm³/mol. The first-order chi connectivity index (χ1) is 10.1. The Morgan fingerprint density at radius 2 is 2.27 bits per heavy atom. The average molecular weight is 437 g/mol. The number of rotatable bonds is 6. The van der Waals surface area contributed by atoms with E-state index in [4.69, 9.17) is 0 Å². The van der Waals surface area contributed by atoms with Crippen molar-refractivity contribution in [3.05, 3.63) is 16.1 Å². The summed E-state index contributed by atoms with van der Waals surface area (Å²) in [5.74, 6) is 0.722. The Morgan fingerprint density at radius 1 is 1.55 bits per heavy atom. The topological polar surface area (TPSA) is 69.6 Å². The number of carbonyl (C=O) groups excluding carboxylic acids is 1. The lowest BCUT2D eigenvalue weighted by molar-refractivity contribution is -0.119. The van der Waals surface area contributed by atoms with Gasteiger partial charge in [-0.15, -0.1) is 35.3 Å². The standard InChI is InChI=1S/C14H23N5OS.HI/c1-4-15-14(16-7-13(20)18-11-5-6-11)19(3)8-12-9-21-10(2)17-12;/h9,11H,4-8H2,1-3H3,(H,15,16)(H,18,20);1H. The molecule has 22 heavy (non-hydrogen) atoms. The maximum Gasteiger partial charge on any atom is 0.242 e. The van der Waals surface area contributed by atoms with E-state index in [-0.39, 0.29) is 36.4 Å². The molecule has 0 spiro atoms. The third-order valence-electron chi connectivity index (χ3n) is 3.08. The Bertz CT molecular complexity index is 515. The molecule has 0 radical (unpaired) electrons. The van der Waals surface area contributed by atoms with E-state index in [0.29, 0.717) is 12.6 Å². The summed E-state index contributed by atoms with van der Waals surface area (Å²) >= 11 is 1.64. The largest absolute Gasteiger partial charge is 0.357 e. The minimum absolute atomic E-state index is 0. The molecule has 0 unspecified atom stereocenters. The van der Waals surface area contributed by atoms with Crippen LogP contribution in [0.1, 0.15) is 30.5 Å².